The first-order valence-corrected chi connectivity index (χ1v) is 6.60. The molecule has 2 N–H and O–H groups in total. The number of carbonyl (C=O) groups is 1. The van der Waals surface area contributed by atoms with E-state index >= 15 is 0 Å². The summed E-state index contributed by atoms with van der Waals surface area (Å²) in [6, 6.07) is -0.135. The van der Waals surface area contributed by atoms with Crippen LogP contribution >= 0.6 is 11.3 Å². The normalized spacial score (nSPS) is 25.3. The quantitative estimate of drug-likeness (QED) is 0.863. The Hall–Kier alpha value is -0.980. The summed E-state index contributed by atoms with van der Waals surface area (Å²) < 4.78 is 5.04. The van der Waals surface area contributed by atoms with Gasteiger partial charge in [-0.3, -0.25) is 4.79 Å². The number of amides is 1. The first kappa shape index (κ1) is 12.5. The molecule has 2 heterocycles. The lowest BCUT2D eigenvalue weighted by molar-refractivity contribution is -0.138. The van der Waals surface area contributed by atoms with E-state index in [-0.39, 0.29) is 18.0 Å². The zero-order chi connectivity index (χ0) is 12.3. The summed E-state index contributed by atoms with van der Waals surface area (Å²) >= 11 is 1.53. The maximum atomic E-state index is 11.9. The van der Waals surface area contributed by atoms with Gasteiger partial charge >= 0.3 is 0 Å². The molecule has 2 unspecified atom stereocenters. The van der Waals surface area contributed by atoms with E-state index in [2.05, 4.69) is 4.98 Å². The van der Waals surface area contributed by atoms with Gasteiger partial charge in [-0.05, 0) is 6.42 Å². The molecule has 5 nitrogen and oxygen atoms in total. The van der Waals surface area contributed by atoms with E-state index in [0.717, 1.165) is 12.1 Å². The van der Waals surface area contributed by atoms with Gasteiger partial charge in [0.25, 0.3) is 0 Å². The minimum atomic E-state index is -0.0994. The molecular weight excluding hydrogens is 238 g/mol. The van der Waals surface area contributed by atoms with Gasteiger partial charge in [-0.15, -0.1) is 11.3 Å². The summed E-state index contributed by atoms with van der Waals surface area (Å²) in [5, 5.41) is 1.96. The van der Waals surface area contributed by atoms with Crippen LogP contribution in [0.3, 0.4) is 0 Å². The molecule has 1 aromatic heterocycles. The molecule has 1 aliphatic heterocycles. The third kappa shape index (κ3) is 2.65. The van der Waals surface area contributed by atoms with Crippen LogP contribution in [0.4, 0.5) is 0 Å². The van der Waals surface area contributed by atoms with Gasteiger partial charge in [-0.1, -0.05) is 0 Å². The molecule has 0 spiro atoms. The van der Waals surface area contributed by atoms with Crippen molar-refractivity contribution in [3.8, 4) is 0 Å². The number of piperidine rings is 1. The number of rotatable bonds is 4. The third-order valence-corrected chi connectivity index (χ3v) is 3.65. The fourth-order valence-corrected chi connectivity index (χ4v) is 2.76. The smallest absolute Gasteiger partial charge is 0.223 e. The van der Waals surface area contributed by atoms with Crippen LogP contribution in [-0.4, -0.2) is 42.1 Å². The minimum absolute atomic E-state index is 0.0355. The predicted octanol–water partition coefficient (Wildman–Crippen LogP) is 0.780. The molecule has 0 radical (unpaired) electrons. The fourth-order valence-electron chi connectivity index (χ4n) is 2.18. The number of nitrogens with zero attached hydrogens (tertiary/aromatic N) is 2. The molecule has 6 heteroatoms. The van der Waals surface area contributed by atoms with Crippen molar-refractivity contribution in [2.24, 2.45) is 5.73 Å². The largest absolute Gasteiger partial charge is 0.383 e. The summed E-state index contributed by atoms with van der Waals surface area (Å²) in [5.41, 5.74) is 8.79. The molecule has 0 aliphatic carbocycles. The molecule has 1 fully saturated rings. The first-order valence-electron chi connectivity index (χ1n) is 5.66. The molecular formula is C11H17N3O2S. The van der Waals surface area contributed by atoms with Gasteiger partial charge in [0, 0.05) is 31.5 Å². The Balaban J connectivity index is 2.19. The lowest BCUT2D eigenvalue weighted by Gasteiger charge is -2.38. The highest BCUT2D eigenvalue weighted by Gasteiger charge is 2.35. The monoisotopic (exact) mass is 255 g/mol. The van der Waals surface area contributed by atoms with Gasteiger partial charge in [-0.2, -0.15) is 0 Å². The summed E-state index contributed by atoms with van der Waals surface area (Å²) in [6.07, 6.45) is 1.25. The second-order valence-electron chi connectivity index (χ2n) is 4.14. The Labute approximate surface area is 105 Å². The van der Waals surface area contributed by atoms with Gasteiger partial charge in [-0.25, -0.2) is 4.98 Å². The highest BCUT2D eigenvalue weighted by molar-refractivity contribution is 7.07. The summed E-state index contributed by atoms with van der Waals surface area (Å²) in [6.45, 7) is 1.10. The molecule has 94 valence electrons. The Kier molecular flexibility index (Phi) is 4.09. The molecule has 1 aliphatic rings. The van der Waals surface area contributed by atoms with Gasteiger partial charge in [0.15, 0.2) is 0 Å². The average Bonchev–Trinajstić information content (AvgIpc) is 2.83. The number of thiazole rings is 1. The molecule has 0 bridgehead atoms. The number of likely N-dealkylation sites (tertiary alicyclic amines) is 1. The van der Waals surface area contributed by atoms with E-state index < -0.39 is 0 Å². The fraction of sp³-hybridized carbons (Fsp3) is 0.636. The lowest BCUT2D eigenvalue weighted by Crippen LogP contribution is -2.49. The predicted molar refractivity (Wildman–Crippen MR) is 65.7 cm³/mol. The van der Waals surface area contributed by atoms with Crippen LogP contribution in [0.5, 0.6) is 0 Å². The van der Waals surface area contributed by atoms with E-state index in [9.17, 15) is 4.79 Å². The molecule has 0 saturated carbocycles. The molecule has 17 heavy (non-hydrogen) atoms. The van der Waals surface area contributed by atoms with E-state index in [0.29, 0.717) is 19.6 Å². The minimum Gasteiger partial charge on any atom is -0.383 e. The second-order valence-corrected chi connectivity index (χ2v) is 4.86. The lowest BCUT2D eigenvalue weighted by atomic mass is 9.94. The van der Waals surface area contributed by atoms with Gasteiger partial charge in [0.05, 0.1) is 23.9 Å². The van der Waals surface area contributed by atoms with Gasteiger partial charge < -0.3 is 15.4 Å². The SMILES string of the molecule is COCCN1C(=O)CCC(N)C1c1cscn1. The van der Waals surface area contributed by atoms with Crippen LogP contribution in [0.25, 0.3) is 0 Å². The molecule has 1 amide bonds. The second kappa shape index (κ2) is 5.57. The number of ether oxygens (including phenoxy) is 1. The third-order valence-electron chi connectivity index (χ3n) is 3.04. The van der Waals surface area contributed by atoms with Crippen molar-refractivity contribution in [3.63, 3.8) is 0 Å². The van der Waals surface area contributed by atoms with Crippen molar-refractivity contribution in [1.29, 1.82) is 0 Å². The molecule has 1 saturated heterocycles. The van der Waals surface area contributed by atoms with Crippen LogP contribution < -0.4 is 5.73 Å². The highest BCUT2D eigenvalue weighted by atomic mass is 32.1. The molecule has 2 rings (SSSR count). The average molecular weight is 255 g/mol. The van der Waals surface area contributed by atoms with Gasteiger partial charge in [0.1, 0.15) is 0 Å². The molecule has 0 aromatic carbocycles. The summed E-state index contributed by atoms with van der Waals surface area (Å²) in [4.78, 5) is 18.0. The van der Waals surface area contributed by atoms with Crippen molar-refractivity contribution in [3.05, 3.63) is 16.6 Å². The van der Waals surface area contributed by atoms with E-state index in [4.69, 9.17) is 10.5 Å². The number of aromatic nitrogens is 1. The van der Waals surface area contributed by atoms with Crippen LogP contribution in [0.2, 0.25) is 0 Å². The van der Waals surface area contributed by atoms with E-state index in [1.807, 2.05) is 5.38 Å². The zero-order valence-electron chi connectivity index (χ0n) is 9.83. The number of methoxy groups -OCH3 is 1. The number of carbonyl (C=O) groups excluding carboxylic acids is 1. The number of nitrogens with two attached hydrogens (primary N) is 1. The Morgan fingerprint density at radius 2 is 2.53 bits per heavy atom. The molecule has 2 atom stereocenters. The maximum absolute atomic E-state index is 11.9. The van der Waals surface area contributed by atoms with Crippen LogP contribution in [0.1, 0.15) is 24.6 Å². The van der Waals surface area contributed by atoms with Crippen LogP contribution in [-0.2, 0) is 9.53 Å². The Morgan fingerprint density at radius 1 is 1.71 bits per heavy atom. The number of hydrogen-bond acceptors (Lipinski definition) is 5. The van der Waals surface area contributed by atoms with Gasteiger partial charge in [0.2, 0.25) is 5.91 Å². The van der Waals surface area contributed by atoms with E-state index in [1.54, 1.807) is 17.5 Å². The maximum Gasteiger partial charge on any atom is 0.223 e. The van der Waals surface area contributed by atoms with Crippen molar-refractivity contribution in [1.82, 2.24) is 9.88 Å². The summed E-state index contributed by atoms with van der Waals surface area (Å²) in [5.74, 6) is 0.141. The molecule has 1 aromatic rings. The highest BCUT2D eigenvalue weighted by Crippen LogP contribution is 2.30. The summed E-state index contributed by atoms with van der Waals surface area (Å²) in [7, 11) is 1.63. The van der Waals surface area contributed by atoms with Crippen molar-refractivity contribution in [2.45, 2.75) is 24.9 Å². The van der Waals surface area contributed by atoms with E-state index in [1.165, 1.54) is 11.3 Å². The van der Waals surface area contributed by atoms with Crippen LogP contribution in [0.15, 0.2) is 10.9 Å². The Morgan fingerprint density at radius 3 is 3.18 bits per heavy atom. The van der Waals surface area contributed by atoms with Crippen molar-refractivity contribution in [2.75, 3.05) is 20.3 Å². The van der Waals surface area contributed by atoms with Crippen molar-refractivity contribution >= 4 is 17.2 Å². The Bertz CT molecular complexity index is 369. The zero-order valence-corrected chi connectivity index (χ0v) is 10.7. The standard InChI is InChI=1S/C11H17N3O2S/c1-16-5-4-14-10(15)3-2-8(12)11(14)9-6-17-7-13-9/h6-8,11H,2-5,12H2,1H3. The first-order chi connectivity index (χ1) is 8.24. The number of hydrogen-bond donors (Lipinski definition) is 1. The van der Waals surface area contributed by atoms with Crippen molar-refractivity contribution < 1.29 is 9.53 Å². The van der Waals surface area contributed by atoms with Crippen LogP contribution in [0, 0.1) is 0 Å². The topological polar surface area (TPSA) is 68.5 Å².